The monoisotopic (exact) mass is 146 g/mol. The second kappa shape index (κ2) is 2.37. The molecule has 1 aromatic rings. The van der Waals surface area contributed by atoms with Crippen LogP contribution in [0.25, 0.3) is 0 Å². The molecule has 0 saturated heterocycles. The minimum atomic E-state index is 0.897. The van der Waals surface area contributed by atoms with Crippen molar-refractivity contribution in [3.05, 3.63) is 34.9 Å². The second-order valence-electron chi connectivity index (χ2n) is 3.70. The molecule has 1 fully saturated rings. The molecule has 0 unspecified atom stereocenters. The number of aryl methyl sites for hydroxylation is 2. The van der Waals surface area contributed by atoms with E-state index in [0.717, 1.165) is 5.92 Å². The van der Waals surface area contributed by atoms with Crippen LogP contribution in [0.3, 0.4) is 0 Å². The fourth-order valence-corrected chi connectivity index (χ4v) is 1.66. The van der Waals surface area contributed by atoms with Crippen LogP contribution < -0.4 is 0 Å². The van der Waals surface area contributed by atoms with Crippen LogP contribution >= 0.6 is 0 Å². The molecule has 0 aromatic heterocycles. The number of rotatable bonds is 1. The van der Waals surface area contributed by atoms with Gasteiger partial charge in [-0.15, -0.1) is 0 Å². The van der Waals surface area contributed by atoms with E-state index >= 15 is 0 Å². The second-order valence-corrected chi connectivity index (χ2v) is 3.70. The van der Waals surface area contributed by atoms with Gasteiger partial charge in [-0.3, -0.25) is 0 Å². The molecule has 0 bridgehead atoms. The smallest absolute Gasteiger partial charge is 0.0161 e. The van der Waals surface area contributed by atoms with Crippen molar-refractivity contribution < 1.29 is 0 Å². The van der Waals surface area contributed by atoms with Crippen molar-refractivity contribution in [2.45, 2.75) is 32.6 Å². The predicted molar refractivity (Wildman–Crippen MR) is 47.9 cm³/mol. The highest BCUT2D eigenvalue weighted by molar-refractivity contribution is 5.32. The average Bonchev–Trinajstić information content (AvgIpc) is 2.64. The lowest BCUT2D eigenvalue weighted by atomic mass is 10.0. The van der Waals surface area contributed by atoms with E-state index in [4.69, 9.17) is 0 Å². The number of hydrogen-bond donors (Lipinski definition) is 0. The molecule has 1 saturated carbocycles. The Bertz CT molecular complexity index is 249. The molecule has 0 atom stereocenters. The van der Waals surface area contributed by atoms with E-state index < -0.39 is 0 Å². The molecule has 1 aliphatic carbocycles. The molecular weight excluding hydrogens is 132 g/mol. The standard InChI is InChI=1S/C11H14/c1-8-5-9(2)7-11(6-8)10-3-4-10/h5-7,10H,3-4H2,1-2H3. The molecule has 0 aliphatic heterocycles. The van der Waals surface area contributed by atoms with Crippen molar-refractivity contribution >= 4 is 0 Å². The van der Waals surface area contributed by atoms with Crippen molar-refractivity contribution in [1.82, 2.24) is 0 Å². The summed E-state index contributed by atoms with van der Waals surface area (Å²) in [5.41, 5.74) is 4.38. The molecule has 58 valence electrons. The summed E-state index contributed by atoms with van der Waals surface area (Å²) < 4.78 is 0. The number of hydrogen-bond acceptors (Lipinski definition) is 0. The summed E-state index contributed by atoms with van der Waals surface area (Å²) in [5, 5.41) is 0. The first-order valence-corrected chi connectivity index (χ1v) is 4.34. The lowest BCUT2D eigenvalue weighted by Crippen LogP contribution is -1.83. The first-order chi connectivity index (χ1) is 5.25. The topological polar surface area (TPSA) is 0 Å². The minimum absolute atomic E-state index is 0.897. The van der Waals surface area contributed by atoms with Crippen molar-refractivity contribution in [2.24, 2.45) is 0 Å². The summed E-state index contributed by atoms with van der Waals surface area (Å²) in [4.78, 5) is 0. The molecule has 11 heavy (non-hydrogen) atoms. The predicted octanol–water partition coefficient (Wildman–Crippen LogP) is 3.18. The van der Waals surface area contributed by atoms with E-state index in [0.29, 0.717) is 0 Å². The summed E-state index contributed by atoms with van der Waals surface area (Å²) in [5.74, 6) is 0.897. The van der Waals surface area contributed by atoms with Crippen molar-refractivity contribution in [1.29, 1.82) is 0 Å². The van der Waals surface area contributed by atoms with Crippen LogP contribution in [-0.2, 0) is 0 Å². The van der Waals surface area contributed by atoms with Gasteiger partial charge in [-0.2, -0.15) is 0 Å². The van der Waals surface area contributed by atoms with Crippen LogP contribution in [-0.4, -0.2) is 0 Å². The first-order valence-electron chi connectivity index (χ1n) is 4.34. The first kappa shape index (κ1) is 6.90. The quantitative estimate of drug-likeness (QED) is 0.570. The van der Waals surface area contributed by atoms with Gasteiger partial charge in [0.15, 0.2) is 0 Å². The molecule has 0 radical (unpaired) electrons. The highest BCUT2D eigenvalue weighted by Gasteiger charge is 2.23. The van der Waals surface area contributed by atoms with Gasteiger partial charge in [-0.1, -0.05) is 29.3 Å². The molecule has 0 nitrogen and oxygen atoms in total. The highest BCUT2D eigenvalue weighted by Crippen LogP contribution is 2.40. The van der Waals surface area contributed by atoms with E-state index in [-0.39, 0.29) is 0 Å². The highest BCUT2D eigenvalue weighted by atomic mass is 14.3. The minimum Gasteiger partial charge on any atom is -0.0564 e. The maximum absolute atomic E-state index is 2.32. The lowest BCUT2D eigenvalue weighted by Gasteiger charge is -2.01. The zero-order valence-electron chi connectivity index (χ0n) is 7.22. The third-order valence-electron chi connectivity index (χ3n) is 2.29. The van der Waals surface area contributed by atoms with Gasteiger partial charge in [0.25, 0.3) is 0 Å². The Kier molecular flexibility index (Phi) is 1.49. The van der Waals surface area contributed by atoms with Crippen LogP contribution in [0.15, 0.2) is 18.2 Å². The lowest BCUT2D eigenvalue weighted by molar-refractivity contribution is 1.11. The van der Waals surface area contributed by atoms with Crippen LogP contribution in [0.5, 0.6) is 0 Å². The summed E-state index contributed by atoms with van der Waals surface area (Å²) in [6.07, 6.45) is 2.81. The summed E-state index contributed by atoms with van der Waals surface area (Å²) >= 11 is 0. The largest absolute Gasteiger partial charge is 0.0564 e. The van der Waals surface area contributed by atoms with E-state index in [9.17, 15) is 0 Å². The molecule has 0 spiro atoms. The van der Waals surface area contributed by atoms with E-state index in [1.54, 1.807) is 5.56 Å². The van der Waals surface area contributed by atoms with Crippen LogP contribution in [0.2, 0.25) is 0 Å². The van der Waals surface area contributed by atoms with Crippen LogP contribution in [0.1, 0.15) is 35.4 Å². The van der Waals surface area contributed by atoms with Crippen molar-refractivity contribution in [2.75, 3.05) is 0 Å². The molecule has 1 aromatic carbocycles. The fraction of sp³-hybridized carbons (Fsp3) is 0.455. The van der Waals surface area contributed by atoms with Gasteiger partial charge in [-0.05, 0) is 38.2 Å². The fourth-order valence-electron chi connectivity index (χ4n) is 1.66. The summed E-state index contributed by atoms with van der Waals surface area (Å²) in [7, 11) is 0. The van der Waals surface area contributed by atoms with E-state index in [1.807, 2.05) is 0 Å². The van der Waals surface area contributed by atoms with Gasteiger partial charge in [-0.25, -0.2) is 0 Å². The van der Waals surface area contributed by atoms with Gasteiger partial charge in [0.05, 0.1) is 0 Å². The third kappa shape index (κ3) is 1.45. The average molecular weight is 146 g/mol. The summed E-state index contributed by atoms with van der Waals surface area (Å²) in [6.45, 7) is 4.36. The number of benzene rings is 1. The maximum Gasteiger partial charge on any atom is -0.0161 e. The van der Waals surface area contributed by atoms with Crippen LogP contribution in [0, 0.1) is 13.8 Å². The van der Waals surface area contributed by atoms with Crippen LogP contribution in [0.4, 0.5) is 0 Å². The van der Waals surface area contributed by atoms with Gasteiger partial charge in [0.1, 0.15) is 0 Å². The molecular formula is C11H14. The molecule has 0 heteroatoms. The van der Waals surface area contributed by atoms with Gasteiger partial charge >= 0.3 is 0 Å². The van der Waals surface area contributed by atoms with Gasteiger partial charge in [0.2, 0.25) is 0 Å². The zero-order valence-corrected chi connectivity index (χ0v) is 7.22. The Morgan fingerprint density at radius 1 is 1.00 bits per heavy atom. The van der Waals surface area contributed by atoms with E-state index in [2.05, 4.69) is 32.0 Å². The normalized spacial score (nSPS) is 16.9. The Morgan fingerprint density at radius 3 is 2.00 bits per heavy atom. The Labute approximate surface area is 68.3 Å². The Balaban J connectivity index is 2.39. The van der Waals surface area contributed by atoms with Crippen molar-refractivity contribution in [3.63, 3.8) is 0 Å². The van der Waals surface area contributed by atoms with Gasteiger partial charge in [0, 0.05) is 0 Å². The SMILES string of the molecule is Cc1cc(C)cc(C2CC2)c1. The Morgan fingerprint density at radius 2 is 1.55 bits per heavy atom. The molecule has 0 N–H and O–H groups in total. The molecule has 0 heterocycles. The Hall–Kier alpha value is -0.780. The van der Waals surface area contributed by atoms with Gasteiger partial charge < -0.3 is 0 Å². The summed E-state index contributed by atoms with van der Waals surface area (Å²) in [6, 6.07) is 6.89. The van der Waals surface area contributed by atoms with E-state index in [1.165, 1.54) is 24.0 Å². The third-order valence-corrected chi connectivity index (χ3v) is 2.29. The molecule has 2 rings (SSSR count). The molecule has 1 aliphatic rings. The maximum atomic E-state index is 2.32. The zero-order chi connectivity index (χ0) is 7.84. The van der Waals surface area contributed by atoms with Crippen molar-refractivity contribution in [3.8, 4) is 0 Å². The molecule has 0 amide bonds.